The van der Waals surface area contributed by atoms with Crippen molar-refractivity contribution < 1.29 is 0 Å². The summed E-state index contributed by atoms with van der Waals surface area (Å²) >= 11 is 0. The van der Waals surface area contributed by atoms with Gasteiger partial charge in [0.15, 0.2) is 0 Å². The van der Waals surface area contributed by atoms with Crippen molar-refractivity contribution in [1.82, 2.24) is 10.3 Å². The molecule has 0 saturated heterocycles. The highest BCUT2D eigenvalue weighted by Crippen LogP contribution is 1.92. The molecular formula is C9H13N3. The molecule has 0 saturated carbocycles. The Morgan fingerprint density at radius 2 is 2.42 bits per heavy atom. The van der Waals surface area contributed by atoms with Gasteiger partial charge in [0.25, 0.3) is 0 Å². The van der Waals surface area contributed by atoms with Crippen LogP contribution in [-0.2, 0) is 6.42 Å². The first-order valence-electron chi connectivity index (χ1n) is 3.87. The lowest BCUT2D eigenvalue weighted by atomic mass is 10.3. The fourth-order valence-corrected chi connectivity index (χ4v) is 0.897. The van der Waals surface area contributed by atoms with Gasteiger partial charge in [-0.05, 0) is 12.1 Å². The standard InChI is InChI=1S/C9H13N3/c1-8(10)11-7-5-9-4-2-3-6-12-9/h2-4,6,11H,1,5,7,10H2. The van der Waals surface area contributed by atoms with Crippen molar-refractivity contribution in [1.29, 1.82) is 0 Å². The van der Waals surface area contributed by atoms with Crippen molar-refractivity contribution in [3.8, 4) is 0 Å². The number of hydrogen-bond donors (Lipinski definition) is 2. The summed E-state index contributed by atoms with van der Waals surface area (Å²) in [6.07, 6.45) is 2.66. The van der Waals surface area contributed by atoms with Crippen molar-refractivity contribution in [2.45, 2.75) is 6.42 Å². The van der Waals surface area contributed by atoms with E-state index >= 15 is 0 Å². The molecule has 3 N–H and O–H groups in total. The molecule has 0 radical (unpaired) electrons. The molecule has 0 aromatic carbocycles. The average molecular weight is 163 g/mol. The second-order valence-electron chi connectivity index (χ2n) is 2.52. The SMILES string of the molecule is C=C(N)NCCc1ccccn1. The van der Waals surface area contributed by atoms with Crippen LogP contribution in [0.25, 0.3) is 0 Å². The molecule has 0 atom stereocenters. The van der Waals surface area contributed by atoms with Crippen molar-refractivity contribution in [2.24, 2.45) is 5.73 Å². The van der Waals surface area contributed by atoms with Crippen LogP contribution in [0.5, 0.6) is 0 Å². The van der Waals surface area contributed by atoms with Gasteiger partial charge in [0.1, 0.15) is 0 Å². The van der Waals surface area contributed by atoms with Gasteiger partial charge in [0.2, 0.25) is 0 Å². The number of nitrogens with one attached hydrogen (secondary N) is 1. The van der Waals surface area contributed by atoms with Crippen molar-refractivity contribution >= 4 is 0 Å². The highest BCUT2D eigenvalue weighted by molar-refractivity contribution is 5.04. The molecule has 1 heterocycles. The van der Waals surface area contributed by atoms with E-state index in [1.807, 2.05) is 18.2 Å². The van der Waals surface area contributed by atoms with Gasteiger partial charge in [0, 0.05) is 24.9 Å². The minimum absolute atomic E-state index is 0.505. The summed E-state index contributed by atoms with van der Waals surface area (Å²) in [5.74, 6) is 0.505. The maximum atomic E-state index is 5.33. The largest absolute Gasteiger partial charge is 0.386 e. The van der Waals surface area contributed by atoms with Gasteiger partial charge in [-0.3, -0.25) is 4.98 Å². The number of nitrogens with two attached hydrogens (primary N) is 1. The number of rotatable bonds is 4. The van der Waals surface area contributed by atoms with Gasteiger partial charge < -0.3 is 11.1 Å². The molecule has 0 fully saturated rings. The molecule has 0 aliphatic rings. The third kappa shape index (κ3) is 3.05. The molecule has 3 heteroatoms. The molecule has 0 spiro atoms. The van der Waals surface area contributed by atoms with E-state index in [4.69, 9.17) is 5.73 Å². The Morgan fingerprint density at radius 3 is 3.00 bits per heavy atom. The monoisotopic (exact) mass is 163 g/mol. The predicted molar refractivity (Wildman–Crippen MR) is 49.3 cm³/mol. The Bertz CT molecular complexity index is 243. The molecule has 0 amide bonds. The topological polar surface area (TPSA) is 50.9 Å². The molecule has 3 nitrogen and oxygen atoms in total. The van der Waals surface area contributed by atoms with Gasteiger partial charge in [0.05, 0.1) is 5.82 Å². The first kappa shape index (κ1) is 8.59. The number of hydrogen-bond acceptors (Lipinski definition) is 3. The normalized spacial score (nSPS) is 9.33. The average Bonchev–Trinajstić information content (AvgIpc) is 2.05. The van der Waals surface area contributed by atoms with Gasteiger partial charge in [-0.15, -0.1) is 0 Å². The fraction of sp³-hybridized carbons (Fsp3) is 0.222. The van der Waals surface area contributed by atoms with Crippen molar-refractivity contribution in [3.05, 3.63) is 42.5 Å². The number of nitrogens with zero attached hydrogens (tertiary/aromatic N) is 1. The van der Waals surface area contributed by atoms with Crippen LogP contribution < -0.4 is 11.1 Å². The molecule has 12 heavy (non-hydrogen) atoms. The summed E-state index contributed by atoms with van der Waals surface area (Å²) in [5, 5.41) is 2.94. The predicted octanol–water partition coefficient (Wildman–Crippen LogP) is 0.644. The molecule has 64 valence electrons. The van der Waals surface area contributed by atoms with E-state index < -0.39 is 0 Å². The summed E-state index contributed by atoms with van der Waals surface area (Å²) in [6, 6.07) is 5.86. The molecule has 0 aliphatic heterocycles. The Balaban J connectivity index is 2.29. The Hall–Kier alpha value is -1.51. The highest BCUT2D eigenvalue weighted by Gasteiger charge is 1.91. The van der Waals surface area contributed by atoms with Gasteiger partial charge in [-0.1, -0.05) is 12.6 Å². The van der Waals surface area contributed by atoms with Gasteiger partial charge >= 0.3 is 0 Å². The smallest absolute Gasteiger partial charge is 0.0886 e. The van der Waals surface area contributed by atoms with E-state index in [9.17, 15) is 0 Å². The minimum Gasteiger partial charge on any atom is -0.386 e. The number of aromatic nitrogens is 1. The fourth-order valence-electron chi connectivity index (χ4n) is 0.897. The van der Waals surface area contributed by atoms with E-state index in [1.165, 1.54) is 0 Å². The lowest BCUT2D eigenvalue weighted by Gasteiger charge is -2.03. The van der Waals surface area contributed by atoms with Gasteiger partial charge in [-0.2, -0.15) is 0 Å². The van der Waals surface area contributed by atoms with Crippen molar-refractivity contribution in [2.75, 3.05) is 6.54 Å². The van der Waals surface area contributed by atoms with Crippen LogP contribution in [0, 0.1) is 0 Å². The van der Waals surface area contributed by atoms with Crippen LogP contribution in [0.4, 0.5) is 0 Å². The van der Waals surface area contributed by atoms with Gasteiger partial charge in [-0.25, -0.2) is 0 Å². The third-order valence-electron chi connectivity index (χ3n) is 1.46. The van der Waals surface area contributed by atoms with Crippen LogP contribution in [-0.4, -0.2) is 11.5 Å². The van der Waals surface area contributed by atoms with Crippen LogP contribution in [0.15, 0.2) is 36.8 Å². The first-order valence-corrected chi connectivity index (χ1v) is 3.87. The quantitative estimate of drug-likeness (QED) is 0.685. The van der Waals surface area contributed by atoms with Crippen molar-refractivity contribution in [3.63, 3.8) is 0 Å². The molecule has 1 aromatic heterocycles. The summed E-state index contributed by atoms with van der Waals surface area (Å²) < 4.78 is 0. The maximum Gasteiger partial charge on any atom is 0.0886 e. The zero-order valence-electron chi connectivity index (χ0n) is 6.96. The second-order valence-corrected chi connectivity index (χ2v) is 2.52. The van der Waals surface area contributed by atoms with Crippen LogP contribution >= 0.6 is 0 Å². The third-order valence-corrected chi connectivity index (χ3v) is 1.46. The lowest BCUT2D eigenvalue weighted by molar-refractivity contribution is 0.768. The Morgan fingerprint density at radius 1 is 1.58 bits per heavy atom. The second kappa shape index (κ2) is 4.38. The van der Waals surface area contributed by atoms with E-state index in [0.29, 0.717) is 5.82 Å². The van der Waals surface area contributed by atoms with E-state index in [1.54, 1.807) is 6.20 Å². The highest BCUT2D eigenvalue weighted by atomic mass is 15.0. The minimum atomic E-state index is 0.505. The summed E-state index contributed by atoms with van der Waals surface area (Å²) in [5.41, 5.74) is 6.39. The Kier molecular flexibility index (Phi) is 3.14. The molecule has 1 rings (SSSR count). The van der Waals surface area contributed by atoms with E-state index in [-0.39, 0.29) is 0 Å². The molecule has 1 aromatic rings. The zero-order chi connectivity index (χ0) is 8.81. The molecule has 0 bridgehead atoms. The summed E-state index contributed by atoms with van der Waals surface area (Å²) in [6.45, 7) is 4.32. The molecular weight excluding hydrogens is 150 g/mol. The number of pyridine rings is 1. The van der Waals surface area contributed by atoms with E-state index in [2.05, 4.69) is 16.9 Å². The van der Waals surface area contributed by atoms with Crippen LogP contribution in [0.2, 0.25) is 0 Å². The zero-order valence-corrected chi connectivity index (χ0v) is 6.96. The first-order chi connectivity index (χ1) is 5.79. The van der Waals surface area contributed by atoms with Crippen LogP contribution in [0.1, 0.15) is 5.69 Å². The molecule has 0 unspecified atom stereocenters. The Labute approximate surface area is 72.3 Å². The summed E-state index contributed by atoms with van der Waals surface area (Å²) in [7, 11) is 0. The van der Waals surface area contributed by atoms with E-state index in [0.717, 1.165) is 18.7 Å². The molecule has 0 aliphatic carbocycles. The lowest BCUT2D eigenvalue weighted by Crippen LogP contribution is -2.21. The van der Waals surface area contributed by atoms with Crippen LogP contribution in [0.3, 0.4) is 0 Å². The maximum absolute atomic E-state index is 5.33. The summed E-state index contributed by atoms with van der Waals surface area (Å²) in [4.78, 5) is 4.17.